The first-order valence-electron chi connectivity index (χ1n) is 9.07. The van der Waals surface area contributed by atoms with E-state index in [0.717, 1.165) is 42.9 Å². The first-order chi connectivity index (χ1) is 12.7. The van der Waals surface area contributed by atoms with Gasteiger partial charge in [-0.1, -0.05) is 24.2 Å². The van der Waals surface area contributed by atoms with Crippen LogP contribution in [0.1, 0.15) is 36.1 Å². The van der Waals surface area contributed by atoms with Crippen LogP contribution in [0.4, 0.5) is 10.2 Å². The second-order valence-corrected chi connectivity index (χ2v) is 6.52. The van der Waals surface area contributed by atoms with Gasteiger partial charge in [0.25, 0.3) is 0 Å². The normalized spacial score (nSPS) is 13.3. The molecule has 0 atom stereocenters. The van der Waals surface area contributed by atoms with Gasteiger partial charge in [-0.2, -0.15) is 4.98 Å². The zero-order valence-electron chi connectivity index (χ0n) is 14.8. The molecule has 0 bridgehead atoms. The molecule has 0 fully saturated rings. The van der Waals surface area contributed by atoms with E-state index in [4.69, 9.17) is 4.52 Å². The van der Waals surface area contributed by atoms with E-state index in [2.05, 4.69) is 26.5 Å². The molecule has 0 saturated heterocycles. The van der Waals surface area contributed by atoms with Gasteiger partial charge in [0.2, 0.25) is 11.7 Å². The molecular weight excluding hydrogens is 331 g/mol. The highest BCUT2D eigenvalue weighted by atomic mass is 19.1. The standard InChI is InChI=1S/C20H21FN4O/c1-2-13-5-9-16(17(21)12-13)20-24-18(26-25-20)10-8-15-7-6-14-4-3-11-22-19(14)23-15/h5-7,9,12H,2-4,8,10-11H2,1H3,(H,22,23). The Balaban J connectivity index is 1.45. The number of halogens is 1. The Labute approximate surface area is 151 Å². The average molecular weight is 352 g/mol. The fourth-order valence-corrected chi connectivity index (χ4v) is 3.17. The fraction of sp³-hybridized carbons (Fsp3) is 0.350. The first kappa shape index (κ1) is 16.7. The number of nitrogens with one attached hydrogen (secondary N) is 1. The number of rotatable bonds is 5. The highest BCUT2D eigenvalue weighted by Crippen LogP contribution is 2.23. The number of nitrogens with zero attached hydrogens (tertiary/aromatic N) is 3. The van der Waals surface area contributed by atoms with Crippen molar-refractivity contribution >= 4 is 5.82 Å². The van der Waals surface area contributed by atoms with Crippen molar-refractivity contribution in [3.63, 3.8) is 0 Å². The molecule has 2 aromatic heterocycles. The Morgan fingerprint density at radius 3 is 2.92 bits per heavy atom. The molecule has 134 valence electrons. The van der Waals surface area contributed by atoms with Crippen LogP contribution in [0, 0.1) is 5.82 Å². The van der Waals surface area contributed by atoms with E-state index in [1.54, 1.807) is 6.07 Å². The minimum absolute atomic E-state index is 0.292. The molecule has 0 unspecified atom stereocenters. The topological polar surface area (TPSA) is 63.8 Å². The van der Waals surface area contributed by atoms with E-state index in [1.807, 2.05) is 19.1 Å². The highest BCUT2D eigenvalue weighted by molar-refractivity contribution is 5.55. The molecule has 0 saturated carbocycles. The fourth-order valence-electron chi connectivity index (χ4n) is 3.17. The number of aromatic nitrogens is 3. The molecular formula is C20H21FN4O. The van der Waals surface area contributed by atoms with Gasteiger partial charge < -0.3 is 9.84 Å². The average Bonchev–Trinajstić information content (AvgIpc) is 3.14. The predicted molar refractivity (Wildman–Crippen MR) is 97.5 cm³/mol. The van der Waals surface area contributed by atoms with Gasteiger partial charge in [-0.3, -0.25) is 0 Å². The smallest absolute Gasteiger partial charge is 0.227 e. The summed E-state index contributed by atoms with van der Waals surface area (Å²) in [5, 5.41) is 7.26. The number of aryl methyl sites for hydroxylation is 4. The summed E-state index contributed by atoms with van der Waals surface area (Å²) in [6.07, 6.45) is 4.29. The molecule has 1 aliphatic heterocycles. The molecule has 1 aromatic carbocycles. The summed E-state index contributed by atoms with van der Waals surface area (Å²) in [6, 6.07) is 9.30. The van der Waals surface area contributed by atoms with Crippen LogP contribution in [0.15, 0.2) is 34.9 Å². The molecule has 1 aliphatic rings. The number of hydrogen-bond acceptors (Lipinski definition) is 5. The van der Waals surface area contributed by atoms with Crippen molar-refractivity contribution in [2.45, 2.75) is 39.0 Å². The Kier molecular flexibility index (Phi) is 4.65. The maximum Gasteiger partial charge on any atom is 0.227 e. The Bertz CT molecular complexity index is 922. The molecule has 0 aliphatic carbocycles. The van der Waals surface area contributed by atoms with E-state index in [9.17, 15) is 4.39 Å². The summed E-state index contributed by atoms with van der Waals surface area (Å²) in [7, 11) is 0. The lowest BCUT2D eigenvalue weighted by molar-refractivity contribution is 0.378. The molecule has 3 heterocycles. The third kappa shape index (κ3) is 3.45. The zero-order valence-corrected chi connectivity index (χ0v) is 14.8. The van der Waals surface area contributed by atoms with Crippen molar-refractivity contribution in [3.05, 3.63) is 58.9 Å². The van der Waals surface area contributed by atoms with Crippen LogP contribution in [0.2, 0.25) is 0 Å². The maximum absolute atomic E-state index is 14.2. The van der Waals surface area contributed by atoms with Crippen LogP contribution < -0.4 is 5.32 Å². The van der Waals surface area contributed by atoms with Crippen LogP contribution in [0.5, 0.6) is 0 Å². The molecule has 0 amide bonds. The van der Waals surface area contributed by atoms with Crippen molar-refractivity contribution in [3.8, 4) is 11.4 Å². The third-order valence-electron chi connectivity index (χ3n) is 4.70. The second-order valence-electron chi connectivity index (χ2n) is 6.52. The van der Waals surface area contributed by atoms with Crippen molar-refractivity contribution in [2.24, 2.45) is 0 Å². The van der Waals surface area contributed by atoms with Gasteiger partial charge in [0.05, 0.1) is 5.56 Å². The van der Waals surface area contributed by atoms with Crippen molar-refractivity contribution in [1.82, 2.24) is 15.1 Å². The summed E-state index contributed by atoms with van der Waals surface area (Å²) < 4.78 is 19.5. The maximum atomic E-state index is 14.2. The van der Waals surface area contributed by atoms with Crippen LogP contribution in [-0.4, -0.2) is 21.7 Å². The predicted octanol–water partition coefficient (Wildman–Crippen LogP) is 3.98. The SMILES string of the molecule is CCc1ccc(-c2noc(CCc3ccc4c(n3)NCCC4)n2)c(F)c1. The van der Waals surface area contributed by atoms with E-state index in [0.29, 0.717) is 30.1 Å². The van der Waals surface area contributed by atoms with Crippen LogP contribution >= 0.6 is 0 Å². The minimum atomic E-state index is -0.320. The lowest BCUT2D eigenvalue weighted by Gasteiger charge is -2.17. The van der Waals surface area contributed by atoms with Gasteiger partial charge in [0, 0.05) is 18.7 Å². The third-order valence-corrected chi connectivity index (χ3v) is 4.70. The van der Waals surface area contributed by atoms with Crippen molar-refractivity contribution in [2.75, 3.05) is 11.9 Å². The van der Waals surface area contributed by atoms with Crippen LogP contribution in [-0.2, 0) is 25.7 Å². The highest BCUT2D eigenvalue weighted by Gasteiger charge is 2.14. The second kappa shape index (κ2) is 7.23. The van der Waals surface area contributed by atoms with E-state index in [1.165, 1.54) is 11.6 Å². The van der Waals surface area contributed by atoms with Crippen molar-refractivity contribution < 1.29 is 8.91 Å². The van der Waals surface area contributed by atoms with Crippen LogP contribution in [0.3, 0.4) is 0 Å². The number of benzene rings is 1. The van der Waals surface area contributed by atoms with Gasteiger partial charge in [-0.25, -0.2) is 9.37 Å². The summed E-state index contributed by atoms with van der Waals surface area (Å²) in [4.78, 5) is 9.00. The lowest BCUT2D eigenvalue weighted by atomic mass is 10.1. The molecule has 4 rings (SSSR count). The number of hydrogen-bond donors (Lipinski definition) is 1. The molecule has 3 aromatic rings. The van der Waals surface area contributed by atoms with Gasteiger partial charge in [0.15, 0.2) is 0 Å². The van der Waals surface area contributed by atoms with Gasteiger partial charge in [-0.15, -0.1) is 0 Å². The number of fused-ring (bicyclic) bond motifs is 1. The Hall–Kier alpha value is -2.76. The summed E-state index contributed by atoms with van der Waals surface area (Å²) in [5.41, 5.74) is 3.57. The Morgan fingerprint density at radius 1 is 1.15 bits per heavy atom. The monoisotopic (exact) mass is 352 g/mol. The summed E-state index contributed by atoms with van der Waals surface area (Å²) >= 11 is 0. The van der Waals surface area contributed by atoms with Gasteiger partial charge >= 0.3 is 0 Å². The van der Waals surface area contributed by atoms with Gasteiger partial charge in [-0.05, 0) is 55.0 Å². The molecule has 5 nitrogen and oxygen atoms in total. The van der Waals surface area contributed by atoms with E-state index < -0.39 is 0 Å². The van der Waals surface area contributed by atoms with E-state index in [-0.39, 0.29) is 5.82 Å². The first-order valence-corrected chi connectivity index (χ1v) is 9.07. The number of pyridine rings is 1. The Morgan fingerprint density at radius 2 is 2.08 bits per heavy atom. The minimum Gasteiger partial charge on any atom is -0.370 e. The molecule has 1 N–H and O–H groups in total. The quantitative estimate of drug-likeness (QED) is 0.752. The molecule has 0 spiro atoms. The van der Waals surface area contributed by atoms with Crippen LogP contribution in [0.25, 0.3) is 11.4 Å². The lowest BCUT2D eigenvalue weighted by Crippen LogP contribution is -2.14. The molecule has 0 radical (unpaired) electrons. The van der Waals surface area contributed by atoms with Gasteiger partial charge in [0.1, 0.15) is 11.6 Å². The van der Waals surface area contributed by atoms with Crippen molar-refractivity contribution in [1.29, 1.82) is 0 Å². The number of anilines is 1. The molecule has 6 heteroatoms. The summed E-state index contributed by atoms with van der Waals surface area (Å²) in [6.45, 7) is 2.96. The largest absolute Gasteiger partial charge is 0.370 e. The van der Waals surface area contributed by atoms with E-state index >= 15 is 0 Å². The zero-order chi connectivity index (χ0) is 17.9. The summed E-state index contributed by atoms with van der Waals surface area (Å²) in [5.74, 6) is 1.45. The molecule has 26 heavy (non-hydrogen) atoms.